The molecule has 1 unspecified atom stereocenters. The minimum atomic E-state index is -1.04. The molecule has 0 saturated carbocycles. The summed E-state index contributed by atoms with van der Waals surface area (Å²) in [7, 11) is 1.70. The summed E-state index contributed by atoms with van der Waals surface area (Å²) in [5.74, 6) is -0.0253. The summed E-state index contributed by atoms with van der Waals surface area (Å²) in [5, 5.41) is 12.6. The first kappa shape index (κ1) is 36.6. The number of thioether (sulfide) groups is 1. The molecule has 0 aliphatic heterocycles. The van der Waals surface area contributed by atoms with Crippen LogP contribution in [0.3, 0.4) is 0 Å². The Labute approximate surface area is 299 Å². The van der Waals surface area contributed by atoms with E-state index in [1.807, 2.05) is 79.9 Å². The van der Waals surface area contributed by atoms with Gasteiger partial charge >= 0.3 is 24.8 Å². The average molecular weight is 654 g/mol. The predicted octanol–water partition coefficient (Wildman–Crippen LogP) is 8.00. The molecule has 0 bridgehead atoms. The standard InChI is InChI=1S/C40H40N2O4S.Li.H/c1-29-14-10-11-19-33(29)35-26-31(22-23-34(35)39(43)41-36(40(44)45)24-25-47-3)28-42(32-17-8-5-9-18-32,27-30-15-6-4-7-16-30)37-20-12-13-21-38(37)46-2;;/h4-23,26,36H,24-25,27-28H2,1-3H3,(H-,41,43,44,45);;/p+1/t36-,42?;;/m0../s1. The molecule has 5 aromatic rings. The number of ether oxygens (including phenoxy) is 1. The number of amides is 1. The molecule has 0 saturated heterocycles. The number of aliphatic carboxylic acids is 1. The van der Waals surface area contributed by atoms with Crippen molar-refractivity contribution in [2.45, 2.75) is 32.5 Å². The van der Waals surface area contributed by atoms with Gasteiger partial charge in [0.15, 0.2) is 11.4 Å². The molecule has 5 aromatic carbocycles. The molecular weight excluding hydrogens is 611 g/mol. The molecule has 0 aliphatic rings. The first-order chi connectivity index (χ1) is 22.9. The van der Waals surface area contributed by atoms with Gasteiger partial charge in [-0.1, -0.05) is 91.0 Å². The number of para-hydroxylation sites is 3. The predicted molar refractivity (Wildman–Crippen MR) is 200 cm³/mol. The number of benzene rings is 5. The molecule has 6 nitrogen and oxygen atoms in total. The van der Waals surface area contributed by atoms with E-state index in [-0.39, 0.29) is 18.9 Å². The fourth-order valence-electron chi connectivity index (χ4n) is 6.17. The summed E-state index contributed by atoms with van der Waals surface area (Å²) in [4.78, 5) is 25.8. The molecule has 0 fully saturated rings. The minimum absolute atomic E-state index is 0. The molecule has 0 aromatic heterocycles. The fourth-order valence-corrected chi connectivity index (χ4v) is 6.64. The van der Waals surface area contributed by atoms with Gasteiger partial charge < -0.3 is 15.2 Å². The number of aryl methyl sites for hydroxylation is 1. The molecule has 2 atom stereocenters. The van der Waals surface area contributed by atoms with Gasteiger partial charge in [-0.3, -0.25) is 4.79 Å². The summed E-state index contributed by atoms with van der Waals surface area (Å²) in [6, 6.07) is 42.0. The Morgan fingerprint density at radius 2 is 1.42 bits per heavy atom. The van der Waals surface area contributed by atoms with Gasteiger partial charge in [-0.25, -0.2) is 9.28 Å². The van der Waals surface area contributed by atoms with Crippen LogP contribution in [0.15, 0.2) is 127 Å². The Bertz CT molecular complexity index is 1820. The van der Waals surface area contributed by atoms with Crippen molar-refractivity contribution < 1.29 is 19.4 Å². The number of nitrogens with one attached hydrogen (secondary N) is 1. The molecule has 8 heteroatoms. The van der Waals surface area contributed by atoms with Crippen LogP contribution in [-0.2, 0) is 17.9 Å². The van der Waals surface area contributed by atoms with Crippen LogP contribution in [0.5, 0.6) is 5.75 Å². The first-order valence-electron chi connectivity index (χ1n) is 15.7. The van der Waals surface area contributed by atoms with E-state index in [9.17, 15) is 14.7 Å². The summed E-state index contributed by atoms with van der Waals surface area (Å²) < 4.78 is 6.41. The van der Waals surface area contributed by atoms with Crippen molar-refractivity contribution in [2.24, 2.45) is 0 Å². The molecule has 0 spiro atoms. The zero-order chi connectivity index (χ0) is 33.2. The van der Waals surface area contributed by atoms with E-state index in [2.05, 4.69) is 66.0 Å². The van der Waals surface area contributed by atoms with Crippen molar-refractivity contribution in [3.05, 3.63) is 150 Å². The van der Waals surface area contributed by atoms with Crippen molar-refractivity contribution in [2.75, 3.05) is 19.1 Å². The van der Waals surface area contributed by atoms with E-state index in [1.54, 1.807) is 18.9 Å². The van der Waals surface area contributed by atoms with Crippen LogP contribution in [0.25, 0.3) is 11.1 Å². The van der Waals surface area contributed by atoms with E-state index >= 15 is 0 Å². The number of hydrogen-bond donors (Lipinski definition) is 2. The maximum absolute atomic E-state index is 13.8. The van der Waals surface area contributed by atoms with Gasteiger partial charge in [-0.05, 0) is 72.4 Å². The van der Waals surface area contributed by atoms with Crippen molar-refractivity contribution >= 4 is 53.9 Å². The molecule has 48 heavy (non-hydrogen) atoms. The number of quaternary nitrogens is 1. The SMILES string of the molecule is COc1ccccc1[N+](Cc1ccccc1)(Cc1ccc(C(=O)N[C@@H](CCSC)C(=O)O)c(-c2ccccc2C)c1)c1ccccc1.[LiH]. The van der Waals surface area contributed by atoms with Crippen molar-refractivity contribution in [1.82, 2.24) is 9.80 Å². The van der Waals surface area contributed by atoms with Crippen molar-refractivity contribution in [3.63, 3.8) is 0 Å². The van der Waals surface area contributed by atoms with Gasteiger partial charge in [0.1, 0.15) is 24.8 Å². The summed E-state index contributed by atoms with van der Waals surface area (Å²) >= 11 is 1.55. The zero-order valence-electron chi connectivity index (χ0n) is 27.1. The number of carboxylic acids is 1. The number of methoxy groups -OCH3 is 1. The van der Waals surface area contributed by atoms with E-state index in [0.29, 0.717) is 35.3 Å². The number of carbonyl (C=O) groups excluding carboxylic acids is 1. The van der Waals surface area contributed by atoms with Gasteiger partial charge in [0.05, 0.1) is 7.11 Å². The van der Waals surface area contributed by atoms with Crippen LogP contribution in [0.1, 0.15) is 33.5 Å². The fraction of sp³-hybridized carbons (Fsp3) is 0.200. The normalized spacial score (nSPS) is 12.6. The second-order valence-electron chi connectivity index (χ2n) is 11.6. The second-order valence-corrected chi connectivity index (χ2v) is 12.6. The van der Waals surface area contributed by atoms with E-state index in [4.69, 9.17) is 4.74 Å². The van der Waals surface area contributed by atoms with Gasteiger partial charge in [0, 0.05) is 22.8 Å². The summed E-state index contributed by atoms with van der Waals surface area (Å²) in [6.07, 6.45) is 2.27. The van der Waals surface area contributed by atoms with Crippen LogP contribution >= 0.6 is 11.8 Å². The molecule has 2 N–H and O–H groups in total. The topological polar surface area (TPSA) is 75.6 Å². The van der Waals surface area contributed by atoms with E-state index in [1.165, 1.54) is 5.56 Å². The third-order valence-electron chi connectivity index (χ3n) is 8.52. The number of nitrogens with zero attached hydrogens (tertiary/aromatic N) is 1. The molecule has 1 amide bonds. The number of carboxylic acid groups (broad SMARTS) is 1. The Morgan fingerprint density at radius 1 is 0.792 bits per heavy atom. The Hall–Kier alpha value is -4.25. The molecule has 0 aliphatic carbocycles. The molecule has 0 radical (unpaired) electrons. The van der Waals surface area contributed by atoms with Crippen molar-refractivity contribution in [1.29, 1.82) is 0 Å². The van der Waals surface area contributed by atoms with E-state index in [0.717, 1.165) is 39.4 Å². The van der Waals surface area contributed by atoms with Crippen LogP contribution in [0.4, 0.5) is 11.4 Å². The Balaban J connectivity index is 0.00000520. The maximum atomic E-state index is 13.8. The quantitative estimate of drug-likeness (QED) is 0.0939. The van der Waals surface area contributed by atoms with Gasteiger partial charge in [-0.2, -0.15) is 11.8 Å². The van der Waals surface area contributed by atoms with Gasteiger partial charge in [0.2, 0.25) is 0 Å². The molecule has 242 valence electrons. The van der Waals surface area contributed by atoms with E-state index < -0.39 is 17.9 Å². The Kier molecular flexibility index (Phi) is 13.1. The molecule has 0 heterocycles. The molecule has 5 rings (SSSR count). The summed E-state index contributed by atoms with van der Waals surface area (Å²) in [5.41, 5.74) is 7.45. The van der Waals surface area contributed by atoms with Crippen LogP contribution < -0.4 is 14.5 Å². The number of hydrogen-bond acceptors (Lipinski definition) is 4. The van der Waals surface area contributed by atoms with Gasteiger partial charge in [-0.15, -0.1) is 0 Å². The zero-order valence-corrected chi connectivity index (χ0v) is 27.9. The summed E-state index contributed by atoms with van der Waals surface area (Å²) in [6.45, 7) is 3.24. The first-order valence-corrected chi connectivity index (χ1v) is 17.1. The molecular formula is C40H42LiN2O4S+. The monoisotopic (exact) mass is 653 g/mol. The average Bonchev–Trinajstić information content (AvgIpc) is 3.10. The second kappa shape index (κ2) is 17.2. The third kappa shape index (κ3) is 8.42. The van der Waals surface area contributed by atoms with Crippen LogP contribution in [0, 0.1) is 6.92 Å². The third-order valence-corrected chi connectivity index (χ3v) is 9.17. The number of carbonyl (C=O) groups is 2. The Morgan fingerprint density at radius 3 is 2.08 bits per heavy atom. The van der Waals surface area contributed by atoms with Crippen molar-refractivity contribution in [3.8, 4) is 16.9 Å². The van der Waals surface area contributed by atoms with Gasteiger partial charge in [0.25, 0.3) is 5.91 Å². The van der Waals surface area contributed by atoms with Crippen LogP contribution in [0.2, 0.25) is 0 Å². The number of rotatable bonds is 14. The van der Waals surface area contributed by atoms with Crippen LogP contribution in [-0.4, -0.2) is 61.0 Å².